The van der Waals surface area contributed by atoms with E-state index in [1.807, 2.05) is 18.2 Å². The minimum Gasteiger partial charge on any atom is -0.497 e. The summed E-state index contributed by atoms with van der Waals surface area (Å²) in [6, 6.07) is 21.4. The molecule has 0 aliphatic rings. The highest BCUT2D eigenvalue weighted by Gasteiger charge is 2.15. The number of hydrazone groups is 1. The number of carbonyl (C=O) groups excluding carboxylic acids is 1. The van der Waals surface area contributed by atoms with Gasteiger partial charge in [0.2, 0.25) is 0 Å². The van der Waals surface area contributed by atoms with Gasteiger partial charge in [0.25, 0.3) is 11.5 Å². The average molecular weight is 479 g/mol. The van der Waals surface area contributed by atoms with Gasteiger partial charge in [0.05, 0.1) is 35.7 Å². The van der Waals surface area contributed by atoms with Gasteiger partial charge >= 0.3 is 0 Å². The summed E-state index contributed by atoms with van der Waals surface area (Å²) in [6.07, 6.45) is 1.48. The summed E-state index contributed by atoms with van der Waals surface area (Å²) >= 11 is 7.23. The molecule has 0 bridgehead atoms. The maximum Gasteiger partial charge on any atom is 0.266 e. The van der Waals surface area contributed by atoms with Gasteiger partial charge in [-0.05, 0) is 42.5 Å². The van der Waals surface area contributed by atoms with Crippen LogP contribution in [0.3, 0.4) is 0 Å². The lowest BCUT2D eigenvalue weighted by Gasteiger charge is -2.13. The van der Waals surface area contributed by atoms with Crippen molar-refractivity contribution in [3.63, 3.8) is 0 Å². The molecule has 3 aromatic carbocycles. The zero-order chi connectivity index (χ0) is 23.2. The summed E-state index contributed by atoms with van der Waals surface area (Å²) < 4.78 is 6.70. The average Bonchev–Trinajstić information content (AvgIpc) is 2.84. The Labute approximate surface area is 199 Å². The molecule has 1 amide bonds. The topological polar surface area (TPSA) is 85.6 Å². The van der Waals surface area contributed by atoms with Crippen molar-refractivity contribution in [2.75, 3.05) is 12.9 Å². The van der Waals surface area contributed by atoms with E-state index in [4.69, 9.17) is 16.3 Å². The molecule has 4 rings (SSSR count). The van der Waals surface area contributed by atoms with E-state index in [-0.39, 0.29) is 17.2 Å². The molecule has 0 spiro atoms. The van der Waals surface area contributed by atoms with Gasteiger partial charge in [-0.15, -0.1) is 0 Å². The van der Waals surface area contributed by atoms with E-state index >= 15 is 0 Å². The molecule has 166 valence electrons. The van der Waals surface area contributed by atoms with Crippen molar-refractivity contribution < 1.29 is 9.53 Å². The molecule has 33 heavy (non-hydrogen) atoms. The first kappa shape index (κ1) is 22.6. The number of aromatic nitrogens is 2. The van der Waals surface area contributed by atoms with Crippen LogP contribution in [0, 0.1) is 0 Å². The largest absolute Gasteiger partial charge is 0.497 e. The van der Waals surface area contributed by atoms with Crippen LogP contribution in [-0.4, -0.2) is 34.5 Å². The van der Waals surface area contributed by atoms with E-state index in [0.717, 1.165) is 11.8 Å². The number of carbonyl (C=O) groups is 1. The molecule has 1 heterocycles. The molecule has 0 atom stereocenters. The highest BCUT2D eigenvalue weighted by atomic mass is 35.5. The molecule has 9 heteroatoms. The zero-order valence-corrected chi connectivity index (χ0v) is 19.1. The van der Waals surface area contributed by atoms with Crippen molar-refractivity contribution in [2.24, 2.45) is 5.10 Å². The second-order valence-electron chi connectivity index (χ2n) is 6.85. The number of rotatable bonds is 7. The van der Waals surface area contributed by atoms with Crippen LogP contribution in [-0.2, 0) is 4.79 Å². The fraction of sp³-hybridized carbons (Fsp3) is 0.0833. The molecule has 1 aromatic heterocycles. The molecule has 0 saturated heterocycles. The van der Waals surface area contributed by atoms with Crippen molar-refractivity contribution in [1.29, 1.82) is 0 Å². The number of para-hydroxylation sites is 1. The smallest absolute Gasteiger partial charge is 0.266 e. The normalized spacial score (nSPS) is 11.1. The highest BCUT2D eigenvalue weighted by Crippen LogP contribution is 2.22. The number of nitrogens with zero attached hydrogens (tertiary/aromatic N) is 3. The number of methoxy groups -OCH3 is 1. The number of hydrogen-bond acceptors (Lipinski definition) is 6. The molecule has 0 radical (unpaired) electrons. The van der Waals surface area contributed by atoms with Gasteiger partial charge in [-0.3, -0.25) is 14.2 Å². The van der Waals surface area contributed by atoms with Gasteiger partial charge in [-0.25, -0.2) is 10.4 Å². The van der Waals surface area contributed by atoms with Gasteiger partial charge in [-0.2, -0.15) is 5.10 Å². The lowest BCUT2D eigenvalue weighted by Crippen LogP contribution is -2.24. The van der Waals surface area contributed by atoms with Crippen LogP contribution in [0.4, 0.5) is 0 Å². The molecular weight excluding hydrogens is 460 g/mol. The van der Waals surface area contributed by atoms with E-state index in [0.29, 0.717) is 38.1 Å². The van der Waals surface area contributed by atoms with E-state index in [1.165, 1.54) is 10.8 Å². The minimum absolute atomic E-state index is 0.0147. The summed E-state index contributed by atoms with van der Waals surface area (Å²) in [4.78, 5) is 30.2. The van der Waals surface area contributed by atoms with Crippen LogP contribution in [0.2, 0.25) is 5.02 Å². The number of benzene rings is 3. The molecule has 0 unspecified atom stereocenters. The predicted octanol–water partition coefficient (Wildman–Crippen LogP) is 4.29. The van der Waals surface area contributed by atoms with E-state index in [9.17, 15) is 9.59 Å². The Balaban J connectivity index is 1.58. The molecule has 7 nitrogen and oxygen atoms in total. The Morgan fingerprint density at radius 2 is 1.85 bits per heavy atom. The van der Waals surface area contributed by atoms with Gasteiger partial charge in [-0.1, -0.05) is 53.7 Å². The third-order valence-corrected chi connectivity index (χ3v) is 5.99. The van der Waals surface area contributed by atoms with Crippen LogP contribution >= 0.6 is 23.4 Å². The molecule has 1 N–H and O–H groups in total. The fourth-order valence-electron chi connectivity index (χ4n) is 3.08. The van der Waals surface area contributed by atoms with Crippen LogP contribution in [0.5, 0.6) is 5.75 Å². The van der Waals surface area contributed by atoms with Crippen LogP contribution < -0.4 is 15.7 Å². The molecular formula is C24H19ClN4O3S. The van der Waals surface area contributed by atoms with Gasteiger partial charge in [0.15, 0.2) is 5.16 Å². The lowest BCUT2D eigenvalue weighted by molar-refractivity contribution is -0.118. The molecule has 0 fully saturated rings. The summed E-state index contributed by atoms with van der Waals surface area (Å²) in [5, 5.41) is 5.38. The first-order chi connectivity index (χ1) is 16.1. The van der Waals surface area contributed by atoms with Gasteiger partial charge < -0.3 is 4.74 Å². The number of thioether (sulfide) groups is 1. The summed E-state index contributed by atoms with van der Waals surface area (Å²) in [6.45, 7) is 0. The molecule has 0 aliphatic carbocycles. The van der Waals surface area contributed by atoms with Crippen molar-refractivity contribution >= 4 is 46.4 Å². The van der Waals surface area contributed by atoms with Crippen molar-refractivity contribution in [3.05, 3.63) is 93.7 Å². The number of amides is 1. The van der Waals surface area contributed by atoms with E-state index < -0.39 is 0 Å². The third-order valence-electron chi connectivity index (χ3n) is 4.71. The SMILES string of the molecule is COc1ccc(-n2c(SCC(=O)N/N=C\c3ccccc3Cl)nc3ccccc3c2=O)cc1. The van der Waals surface area contributed by atoms with E-state index in [1.54, 1.807) is 61.7 Å². The molecule has 0 aliphatic heterocycles. The first-order valence-electron chi connectivity index (χ1n) is 9.92. The minimum atomic E-state index is -0.341. The van der Waals surface area contributed by atoms with E-state index in [2.05, 4.69) is 15.5 Å². The van der Waals surface area contributed by atoms with Crippen molar-refractivity contribution in [2.45, 2.75) is 5.16 Å². The Bertz CT molecular complexity index is 1390. The Morgan fingerprint density at radius 1 is 1.12 bits per heavy atom. The zero-order valence-electron chi connectivity index (χ0n) is 17.6. The monoisotopic (exact) mass is 478 g/mol. The first-order valence-corrected chi connectivity index (χ1v) is 11.3. The number of halogens is 1. The standard InChI is InChI=1S/C24H19ClN4O3S/c1-32-18-12-10-17(11-13-18)29-23(31)19-7-3-5-9-21(19)27-24(29)33-15-22(30)28-26-14-16-6-2-4-8-20(16)25/h2-14H,15H2,1H3,(H,28,30)/b26-14-. The molecule has 0 saturated carbocycles. The maximum absolute atomic E-state index is 13.3. The van der Waals surface area contributed by atoms with Gasteiger partial charge in [0.1, 0.15) is 5.75 Å². The van der Waals surface area contributed by atoms with Crippen molar-refractivity contribution in [3.8, 4) is 11.4 Å². The highest BCUT2D eigenvalue weighted by molar-refractivity contribution is 7.99. The fourth-order valence-corrected chi connectivity index (χ4v) is 4.07. The Kier molecular flexibility index (Phi) is 7.07. The maximum atomic E-state index is 13.3. The quantitative estimate of drug-likeness (QED) is 0.185. The van der Waals surface area contributed by atoms with Gasteiger partial charge in [0, 0.05) is 10.6 Å². The summed E-state index contributed by atoms with van der Waals surface area (Å²) in [5.41, 5.74) is 4.13. The van der Waals surface area contributed by atoms with Crippen LogP contribution in [0.1, 0.15) is 5.56 Å². The Morgan fingerprint density at radius 3 is 2.61 bits per heavy atom. The number of nitrogens with one attached hydrogen (secondary N) is 1. The van der Waals surface area contributed by atoms with Crippen LogP contribution in [0.25, 0.3) is 16.6 Å². The third kappa shape index (κ3) is 5.24. The second kappa shape index (κ2) is 10.3. The van der Waals surface area contributed by atoms with Crippen LogP contribution in [0.15, 0.2) is 87.8 Å². The molecule has 4 aromatic rings. The number of ether oxygens (including phenoxy) is 1. The summed E-state index contributed by atoms with van der Waals surface area (Å²) in [7, 11) is 1.58. The predicted molar refractivity (Wildman–Crippen MR) is 132 cm³/mol. The second-order valence-corrected chi connectivity index (χ2v) is 8.20. The number of fused-ring (bicyclic) bond motifs is 1. The van der Waals surface area contributed by atoms with Crippen molar-refractivity contribution in [1.82, 2.24) is 15.0 Å². The lowest BCUT2D eigenvalue weighted by atomic mass is 10.2. The number of hydrogen-bond donors (Lipinski definition) is 1. The Hall–Kier alpha value is -3.62. The summed E-state index contributed by atoms with van der Waals surface area (Å²) in [5.74, 6) is 0.346.